The van der Waals surface area contributed by atoms with Gasteiger partial charge in [0.2, 0.25) is 0 Å². The fourth-order valence-electron chi connectivity index (χ4n) is 6.81. The third-order valence-corrected chi connectivity index (χ3v) is 10.8. The van der Waals surface area contributed by atoms with E-state index in [9.17, 15) is 9.59 Å². The van der Waals surface area contributed by atoms with Crippen LogP contribution in [-0.4, -0.2) is 156 Å². The van der Waals surface area contributed by atoms with Crippen molar-refractivity contribution in [2.45, 2.75) is 45.1 Å². The molecular weight excluding hydrogens is 843 g/mol. The number of ether oxygens (including phenoxy) is 8. The van der Waals surface area contributed by atoms with Crippen LogP contribution in [0.15, 0.2) is 97.1 Å². The lowest BCUT2D eigenvalue weighted by Crippen LogP contribution is -2.31. The van der Waals surface area contributed by atoms with Crippen LogP contribution in [-0.2, 0) is 54.6 Å². The molecule has 15 nitrogen and oxygen atoms in total. The molecule has 0 heterocycles. The molecule has 0 atom stereocenters. The fourth-order valence-corrected chi connectivity index (χ4v) is 6.81. The Labute approximate surface area is 392 Å². The fraction of sp³-hybridized carbons (Fsp3) is 0.490. The molecule has 4 rings (SSSR count). The van der Waals surface area contributed by atoms with Crippen molar-refractivity contribution in [3.05, 3.63) is 119 Å². The number of nitrogens with zero attached hydrogens (tertiary/aromatic N) is 5. The molecule has 15 heteroatoms. The summed E-state index contributed by atoms with van der Waals surface area (Å²) in [5.41, 5.74) is 6.13. The molecule has 4 aromatic rings. The quantitative estimate of drug-likeness (QED) is 0.0461. The molecule has 0 unspecified atom stereocenters. The topological polar surface area (TPSA) is 124 Å². The van der Waals surface area contributed by atoms with Gasteiger partial charge in [-0.2, -0.15) is 0 Å². The lowest BCUT2D eigenvalue weighted by molar-refractivity contribution is 0.0106. The molecule has 66 heavy (non-hydrogen) atoms. The van der Waals surface area contributed by atoms with Crippen LogP contribution < -0.4 is 19.3 Å². The summed E-state index contributed by atoms with van der Waals surface area (Å²) in [5, 5.41) is 0. The molecule has 0 aliphatic heterocycles. The zero-order chi connectivity index (χ0) is 47.5. The summed E-state index contributed by atoms with van der Waals surface area (Å²) < 4.78 is 45.0. The third-order valence-electron chi connectivity index (χ3n) is 10.8. The smallest absolute Gasteiger partial charge is 0.410 e. The van der Waals surface area contributed by atoms with Gasteiger partial charge in [0.15, 0.2) is 0 Å². The molecular formula is C51H73N5O10. The van der Waals surface area contributed by atoms with Gasteiger partial charge in [-0.3, -0.25) is 9.80 Å². The van der Waals surface area contributed by atoms with Crippen LogP contribution in [0.4, 0.5) is 21.0 Å². The molecule has 0 fully saturated rings. The number of carbonyl (C=O) groups excluding carboxylic acids is 2. The van der Waals surface area contributed by atoms with E-state index in [1.54, 1.807) is 24.0 Å². The summed E-state index contributed by atoms with van der Waals surface area (Å²) in [6, 6.07) is 31.9. The van der Waals surface area contributed by atoms with Gasteiger partial charge < -0.3 is 52.6 Å². The Hall–Kier alpha value is -5.58. The summed E-state index contributed by atoms with van der Waals surface area (Å²) in [6.45, 7) is 5.25. The molecule has 0 spiro atoms. The molecule has 0 saturated heterocycles. The molecule has 4 aromatic carbocycles. The van der Waals surface area contributed by atoms with Crippen molar-refractivity contribution in [1.29, 1.82) is 0 Å². The van der Waals surface area contributed by atoms with Crippen LogP contribution in [0.3, 0.4) is 0 Å². The first-order valence-electron chi connectivity index (χ1n) is 22.5. The summed E-state index contributed by atoms with van der Waals surface area (Å²) in [5.74, 6) is 1.52. The van der Waals surface area contributed by atoms with Crippen molar-refractivity contribution in [2.24, 2.45) is 0 Å². The zero-order valence-electron chi connectivity index (χ0n) is 40.4. The number of rotatable bonds is 31. The van der Waals surface area contributed by atoms with Gasteiger partial charge in [0.1, 0.15) is 24.7 Å². The summed E-state index contributed by atoms with van der Waals surface area (Å²) >= 11 is 0. The Morgan fingerprint density at radius 2 is 0.697 bits per heavy atom. The number of hydrogen-bond donors (Lipinski definition) is 0. The van der Waals surface area contributed by atoms with E-state index in [0.717, 1.165) is 58.0 Å². The maximum absolute atomic E-state index is 13.2. The number of anilines is 2. The minimum Gasteiger partial charge on any atom is -0.497 e. The van der Waals surface area contributed by atoms with Crippen LogP contribution in [0.2, 0.25) is 0 Å². The van der Waals surface area contributed by atoms with Gasteiger partial charge in [-0.15, -0.1) is 0 Å². The molecule has 0 N–H and O–H groups in total. The second-order valence-corrected chi connectivity index (χ2v) is 16.4. The van der Waals surface area contributed by atoms with E-state index in [1.165, 1.54) is 0 Å². The van der Waals surface area contributed by atoms with E-state index < -0.39 is 12.2 Å². The van der Waals surface area contributed by atoms with E-state index in [2.05, 4.69) is 19.0 Å². The molecule has 0 bridgehead atoms. The van der Waals surface area contributed by atoms with Crippen LogP contribution in [0.5, 0.6) is 11.5 Å². The van der Waals surface area contributed by atoms with Crippen LogP contribution in [0.25, 0.3) is 0 Å². The largest absolute Gasteiger partial charge is 0.497 e. The van der Waals surface area contributed by atoms with Crippen LogP contribution in [0, 0.1) is 0 Å². The Morgan fingerprint density at radius 1 is 0.409 bits per heavy atom. The predicted molar refractivity (Wildman–Crippen MR) is 259 cm³/mol. The van der Waals surface area contributed by atoms with Gasteiger partial charge in [0.25, 0.3) is 0 Å². The first-order valence-corrected chi connectivity index (χ1v) is 22.5. The molecule has 0 aliphatic rings. The highest BCUT2D eigenvalue weighted by Gasteiger charge is 2.19. The van der Waals surface area contributed by atoms with Crippen molar-refractivity contribution in [3.8, 4) is 11.5 Å². The molecule has 362 valence electrons. The standard InChI is InChI=1S/C51H73N5O10/c1-52(2)45-17-9-41(10-18-45)37-55(39-43-13-21-48(59-7)22-14-43)50(57)65-35-33-63-31-29-61-27-25-47(54(5)6)26-28-62-30-32-64-34-36-66-51(58)56(40-44-15-23-49(60-8)24-16-44)38-42-11-19-46(20-12-42)53(3)4/h9-24,47H,25-40H2,1-8H3. The van der Waals surface area contributed by atoms with E-state index in [4.69, 9.17) is 37.9 Å². The Kier molecular flexibility index (Phi) is 24.0. The van der Waals surface area contributed by atoms with Crippen molar-refractivity contribution in [1.82, 2.24) is 14.7 Å². The first kappa shape index (κ1) is 53.0. The zero-order valence-corrected chi connectivity index (χ0v) is 40.4. The van der Waals surface area contributed by atoms with Gasteiger partial charge in [-0.1, -0.05) is 48.5 Å². The van der Waals surface area contributed by atoms with Crippen LogP contribution in [0.1, 0.15) is 35.1 Å². The van der Waals surface area contributed by atoms with Gasteiger partial charge in [-0.05, 0) is 97.7 Å². The van der Waals surface area contributed by atoms with Gasteiger partial charge in [0.05, 0.1) is 53.9 Å². The monoisotopic (exact) mass is 916 g/mol. The second kappa shape index (κ2) is 29.9. The third kappa shape index (κ3) is 19.9. The normalized spacial score (nSPS) is 11.1. The second-order valence-electron chi connectivity index (χ2n) is 16.4. The van der Waals surface area contributed by atoms with Gasteiger partial charge in [0, 0.05) is 85.0 Å². The highest BCUT2D eigenvalue weighted by atomic mass is 16.6. The maximum atomic E-state index is 13.2. The Morgan fingerprint density at radius 3 is 0.985 bits per heavy atom. The molecule has 0 saturated carbocycles. The average Bonchev–Trinajstić information content (AvgIpc) is 3.32. The molecule has 0 aliphatic carbocycles. The van der Waals surface area contributed by atoms with Gasteiger partial charge in [-0.25, -0.2) is 9.59 Å². The highest BCUT2D eigenvalue weighted by Crippen LogP contribution is 2.20. The number of hydrogen-bond acceptors (Lipinski definition) is 13. The van der Waals surface area contributed by atoms with Crippen molar-refractivity contribution >= 4 is 23.6 Å². The summed E-state index contributed by atoms with van der Waals surface area (Å²) in [6.07, 6.45) is 0.869. The SMILES string of the molecule is COc1ccc(CN(Cc2ccc(N(C)C)cc2)C(=O)OCCOCCOCCC(CCOCCOCCOC(=O)N(Cc2ccc(OC)cc2)Cc2ccc(N(C)C)cc2)N(C)C)cc1. The van der Waals surface area contributed by atoms with Gasteiger partial charge >= 0.3 is 12.2 Å². The minimum absolute atomic E-state index is 0.136. The number of amides is 2. The summed E-state index contributed by atoms with van der Waals surface area (Å²) in [4.78, 5) is 36.1. The Bertz CT molecular complexity index is 1790. The lowest BCUT2D eigenvalue weighted by Gasteiger charge is -2.24. The Balaban J connectivity index is 1.05. The maximum Gasteiger partial charge on any atom is 0.410 e. The van der Waals surface area contributed by atoms with Crippen molar-refractivity contribution < 1.29 is 47.5 Å². The molecule has 0 aromatic heterocycles. The van der Waals surface area contributed by atoms with Crippen molar-refractivity contribution in [3.63, 3.8) is 0 Å². The van der Waals surface area contributed by atoms with Crippen LogP contribution >= 0.6 is 0 Å². The number of benzene rings is 4. The predicted octanol–water partition coefficient (Wildman–Crippen LogP) is 7.59. The van der Waals surface area contributed by atoms with E-state index in [-0.39, 0.29) is 32.5 Å². The number of carbonyl (C=O) groups is 2. The molecule has 2 amide bonds. The van der Waals surface area contributed by atoms with E-state index in [1.807, 2.05) is 135 Å². The van der Waals surface area contributed by atoms with E-state index >= 15 is 0 Å². The van der Waals surface area contributed by atoms with Crippen molar-refractivity contribution in [2.75, 3.05) is 132 Å². The highest BCUT2D eigenvalue weighted by molar-refractivity contribution is 5.68. The first-order chi connectivity index (χ1) is 31.9. The minimum atomic E-state index is -0.408. The lowest BCUT2D eigenvalue weighted by atomic mass is 10.1. The average molecular weight is 916 g/mol. The molecule has 0 radical (unpaired) electrons. The number of methoxy groups -OCH3 is 2. The van der Waals surface area contributed by atoms with E-state index in [0.29, 0.717) is 65.8 Å². The summed E-state index contributed by atoms with van der Waals surface area (Å²) in [7, 11) is 15.3.